The summed E-state index contributed by atoms with van der Waals surface area (Å²) in [5.74, 6) is -0.693. The van der Waals surface area contributed by atoms with E-state index in [9.17, 15) is 18.0 Å². The molecule has 0 aliphatic carbocycles. The number of sulfonamides is 1. The number of rotatable bonds is 12. The Morgan fingerprint density at radius 1 is 1.06 bits per heavy atom. The van der Waals surface area contributed by atoms with Crippen LogP contribution in [0, 0.1) is 0 Å². The van der Waals surface area contributed by atoms with E-state index in [-0.39, 0.29) is 23.2 Å². The fraction of sp³-hybridized carbons (Fsp3) is 0.435. The van der Waals surface area contributed by atoms with Gasteiger partial charge in [0.15, 0.2) is 0 Å². The molecular formula is C23H34N6O4S. The van der Waals surface area contributed by atoms with Crippen molar-refractivity contribution >= 4 is 44.1 Å². The average Bonchev–Trinajstić information content (AvgIpc) is 2.75. The number of primary amides is 1. The average molecular weight is 491 g/mol. The first kappa shape index (κ1) is 27.1. The first-order valence-electron chi connectivity index (χ1n) is 10.9. The van der Waals surface area contributed by atoms with Crippen LogP contribution in [0.2, 0.25) is 0 Å². The Hall–Kier alpha value is -3.18. The van der Waals surface area contributed by atoms with E-state index >= 15 is 0 Å². The van der Waals surface area contributed by atoms with Gasteiger partial charge in [-0.05, 0) is 38.9 Å². The minimum Gasteiger partial charge on any atom is -0.377 e. The van der Waals surface area contributed by atoms with Gasteiger partial charge in [-0.25, -0.2) is 13.1 Å². The summed E-state index contributed by atoms with van der Waals surface area (Å²) >= 11 is 0. The molecule has 0 radical (unpaired) electrons. The van der Waals surface area contributed by atoms with Crippen LogP contribution >= 0.6 is 0 Å². The predicted octanol–water partition coefficient (Wildman–Crippen LogP) is 1.04. The number of nitrogens with two attached hydrogens (primary N) is 2. The number of ketones is 1. The molecule has 2 aromatic rings. The van der Waals surface area contributed by atoms with Crippen molar-refractivity contribution in [2.45, 2.75) is 37.1 Å². The molecule has 0 heterocycles. The van der Waals surface area contributed by atoms with Crippen molar-refractivity contribution < 1.29 is 18.0 Å². The third-order valence-corrected chi connectivity index (χ3v) is 6.88. The normalized spacial score (nSPS) is 13.1. The third-order valence-electron chi connectivity index (χ3n) is 5.46. The number of hydrogen-bond donors (Lipinski definition) is 3. The first-order valence-corrected chi connectivity index (χ1v) is 12.4. The van der Waals surface area contributed by atoms with Gasteiger partial charge in [0, 0.05) is 50.1 Å². The van der Waals surface area contributed by atoms with Crippen molar-refractivity contribution in [1.29, 1.82) is 0 Å². The minimum absolute atomic E-state index is 0.0314. The Balaban J connectivity index is 2.07. The number of Topliss-reactive ketones (excluding diaryl/α,β-unsaturated/α-hetero) is 1. The number of hydrogen-bond acceptors (Lipinski definition) is 7. The highest BCUT2D eigenvalue weighted by Gasteiger charge is 2.21. The lowest BCUT2D eigenvalue weighted by atomic mass is 10.1. The highest BCUT2D eigenvalue weighted by Crippen LogP contribution is 2.30. The van der Waals surface area contributed by atoms with Crippen molar-refractivity contribution in [3.05, 3.63) is 36.4 Å². The lowest BCUT2D eigenvalue weighted by molar-refractivity contribution is -0.124. The molecule has 0 unspecified atom stereocenters. The first-order chi connectivity index (χ1) is 15.9. The second kappa shape index (κ2) is 11.8. The highest BCUT2D eigenvalue weighted by molar-refractivity contribution is 7.90. The molecule has 1 amide bonds. The molecule has 0 bridgehead atoms. The van der Waals surface area contributed by atoms with E-state index in [1.807, 2.05) is 31.1 Å². The number of carbonyl (C=O) groups is 2. The van der Waals surface area contributed by atoms with Crippen LogP contribution in [-0.2, 0) is 19.6 Å². The fourth-order valence-electron chi connectivity index (χ4n) is 3.67. The molecule has 2 rings (SSSR count). The number of carbonyl (C=O) groups excluding carboxylic acids is 2. The quantitative estimate of drug-likeness (QED) is 0.228. The minimum atomic E-state index is -3.96. The van der Waals surface area contributed by atoms with E-state index in [0.717, 1.165) is 11.1 Å². The van der Waals surface area contributed by atoms with Crippen molar-refractivity contribution in [2.24, 2.45) is 16.5 Å². The topological polar surface area (TPSA) is 151 Å². The number of likely N-dealkylation sites (N-methyl/N-ethyl adjacent to an activating group) is 1. The number of guanidine groups is 1. The van der Waals surface area contributed by atoms with E-state index < -0.39 is 22.0 Å². The van der Waals surface area contributed by atoms with Gasteiger partial charge >= 0.3 is 0 Å². The fourth-order valence-corrected chi connectivity index (χ4v) is 4.84. The molecule has 0 aromatic heterocycles. The van der Waals surface area contributed by atoms with E-state index in [1.165, 1.54) is 13.0 Å². The van der Waals surface area contributed by atoms with E-state index in [2.05, 4.69) is 9.71 Å². The second-order valence-corrected chi connectivity index (χ2v) is 10.0. The molecule has 0 saturated heterocycles. The molecule has 11 heteroatoms. The lowest BCUT2D eigenvalue weighted by Crippen LogP contribution is -2.43. The molecule has 10 nitrogen and oxygen atoms in total. The summed E-state index contributed by atoms with van der Waals surface area (Å²) in [6.45, 7) is 2.12. The van der Waals surface area contributed by atoms with Crippen molar-refractivity contribution in [2.75, 3.05) is 39.1 Å². The molecule has 0 spiro atoms. The zero-order valence-electron chi connectivity index (χ0n) is 20.1. The summed E-state index contributed by atoms with van der Waals surface area (Å²) in [4.78, 5) is 30.8. The van der Waals surface area contributed by atoms with Gasteiger partial charge in [0.05, 0.1) is 10.9 Å². The van der Waals surface area contributed by atoms with Gasteiger partial charge in [-0.2, -0.15) is 0 Å². The van der Waals surface area contributed by atoms with Gasteiger partial charge in [-0.3, -0.25) is 19.5 Å². The Bertz CT molecular complexity index is 1160. The molecular weight excluding hydrogens is 456 g/mol. The summed E-state index contributed by atoms with van der Waals surface area (Å²) in [6.07, 6.45) is 1.20. The Morgan fingerprint density at radius 3 is 2.32 bits per heavy atom. The molecule has 1 atom stereocenters. The summed E-state index contributed by atoms with van der Waals surface area (Å²) < 4.78 is 28.3. The van der Waals surface area contributed by atoms with E-state index in [0.29, 0.717) is 31.2 Å². The van der Waals surface area contributed by atoms with Crippen LogP contribution in [-0.4, -0.2) is 71.2 Å². The van der Waals surface area contributed by atoms with Crippen LogP contribution in [0.25, 0.3) is 10.8 Å². The number of aliphatic imine (C=N–C) groups is 1. The second-order valence-electron chi connectivity index (χ2n) is 8.39. The third kappa shape index (κ3) is 7.16. The zero-order chi connectivity index (χ0) is 25.5. The largest absolute Gasteiger partial charge is 0.377 e. The van der Waals surface area contributed by atoms with Crippen molar-refractivity contribution in [1.82, 2.24) is 9.62 Å². The van der Waals surface area contributed by atoms with Gasteiger partial charge in [-0.15, -0.1) is 0 Å². The van der Waals surface area contributed by atoms with E-state index in [4.69, 9.17) is 11.5 Å². The van der Waals surface area contributed by atoms with Crippen LogP contribution in [0.15, 0.2) is 46.3 Å². The summed E-state index contributed by atoms with van der Waals surface area (Å²) in [5, 5.41) is 1.38. The molecule has 5 N–H and O–H groups in total. The van der Waals surface area contributed by atoms with Gasteiger partial charge in [-0.1, -0.05) is 24.3 Å². The molecule has 34 heavy (non-hydrogen) atoms. The maximum atomic E-state index is 13.0. The summed E-state index contributed by atoms with van der Waals surface area (Å²) in [5.41, 5.74) is 12.2. The van der Waals surface area contributed by atoms with Crippen LogP contribution in [0.4, 0.5) is 5.69 Å². The van der Waals surface area contributed by atoms with Gasteiger partial charge in [0.2, 0.25) is 11.9 Å². The smallest absolute Gasteiger partial charge is 0.264 e. The van der Waals surface area contributed by atoms with E-state index in [1.54, 1.807) is 30.1 Å². The number of fused-ring (bicyclic) bond motifs is 1. The number of nitrogens with zero attached hydrogens (tertiary/aromatic N) is 3. The molecule has 186 valence electrons. The van der Waals surface area contributed by atoms with Gasteiger partial charge in [0.1, 0.15) is 5.78 Å². The molecule has 0 saturated carbocycles. The number of amides is 1. The number of anilines is 1. The number of benzene rings is 2. The van der Waals surface area contributed by atoms with Crippen molar-refractivity contribution in [3.63, 3.8) is 0 Å². The van der Waals surface area contributed by atoms with Crippen LogP contribution in [0.1, 0.15) is 26.2 Å². The Morgan fingerprint density at radius 2 is 1.71 bits per heavy atom. The zero-order valence-corrected chi connectivity index (χ0v) is 20.9. The van der Waals surface area contributed by atoms with Crippen LogP contribution in [0.3, 0.4) is 0 Å². The molecule has 0 aliphatic heterocycles. The van der Waals surface area contributed by atoms with Gasteiger partial charge in [0.25, 0.3) is 10.0 Å². The maximum absolute atomic E-state index is 13.0. The van der Waals surface area contributed by atoms with Crippen molar-refractivity contribution in [3.8, 4) is 0 Å². The van der Waals surface area contributed by atoms with Crippen LogP contribution < -0.4 is 21.1 Å². The monoisotopic (exact) mass is 490 g/mol. The summed E-state index contributed by atoms with van der Waals surface area (Å²) in [7, 11) is 1.55. The molecule has 2 aromatic carbocycles. The molecule has 0 aliphatic rings. The number of nitrogens with one attached hydrogen (secondary N) is 1. The Labute approximate surface area is 201 Å². The SMILES string of the molecule is CC(=O)CCN(C)[C@@H](CCCN=C(N)NS(=O)(=O)c1cccc2c(N(C)C)cccc12)C(N)=O. The predicted molar refractivity (Wildman–Crippen MR) is 135 cm³/mol. The lowest BCUT2D eigenvalue weighted by Gasteiger charge is -2.24. The summed E-state index contributed by atoms with van der Waals surface area (Å²) in [6, 6.07) is 9.99. The molecule has 0 fully saturated rings. The van der Waals surface area contributed by atoms with Gasteiger partial charge < -0.3 is 16.4 Å². The van der Waals surface area contributed by atoms with Crippen LogP contribution in [0.5, 0.6) is 0 Å². The highest BCUT2D eigenvalue weighted by atomic mass is 32.2. The Kier molecular flexibility index (Phi) is 9.39. The maximum Gasteiger partial charge on any atom is 0.264 e. The standard InChI is InChI=1S/C23H34N6O4S/c1-16(30)13-15-29(4)20(22(24)31)11-7-14-26-23(25)27-34(32,33)21-12-6-8-17-18(21)9-5-10-19(17)28(2)3/h5-6,8-10,12,20H,7,11,13-15H2,1-4H3,(H2,24,31)(H3,25,26,27)/t20-/m0/s1.